The SMILES string of the molecule is CCNC(C)(CO)CCSc1ccc(Cl)cc1. The predicted octanol–water partition coefficient (Wildman–Crippen LogP) is 3.18. The molecule has 1 atom stereocenters. The minimum Gasteiger partial charge on any atom is -0.394 e. The minimum absolute atomic E-state index is 0.169. The Morgan fingerprint density at radius 3 is 2.53 bits per heavy atom. The molecule has 0 saturated heterocycles. The van der Waals surface area contributed by atoms with Crippen LogP contribution in [0.25, 0.3) is 0 Å². The monoisotopic (exact) mass is 273 g/mol. The summed E-state index contributed by atoms with van der Waals surface area (Å²) in [5.74, 6) is 0.978. The van der Waals surface area contributed by atoms with E-state index in [1.54, 1.807) is 11.8 Å². The average molecular weight is 274 g/mol. The molecule has 0 saturated carbocycles. The van der Waals surface area contributed by atoms with Crippen molar-refractivity contribution in [1.82, 2.24) is 5.32 Å². The third-order valence-electron chi connectivity index (χ3n) is 2.69. The number of aliphatic hydroxyl groups is 1. The number of benzene rings is 1. The topological polar surface area (TPSA) is 32.3 Å². The van der Waals surface area contributed by atoms with E-state index in [-0.39, 0.29) is 12.1 Å². The highest BCUT2D eigenvalue weighted by Crippen LogP contribution is 2.23. The van der Waals surface area contributed by atoms with Crippen LogP contribution in [0.3, 0.4) is 0 Å². The molecule has 0 aliphatic rings. The van der Waals surface area contributed by atoms with Crippen molar-refractivity contribution in [2.75, 3.05) is 18.9 Å². The van der Waals surface area contributed by atoms with E-state index in [9.17, 15) is 5.11 Å². The van der Waals surface area contributed by atoms with Crippen LogP contribution in [0.2, 0.25) is 5.02 Å². The van der Waals surface area contributed by atoms with Crippen LogP contribution < -0.4 is 5.32 Å². The third-order valence-corrected chi connectivity index (χ3v) is 3.95. The molecular formula is C13H20ClNOS. The van der Waals surface area contributed by atoms with Crippen LogP contribution in [0.1, 0.15) is 20.3 Å². The smallest absolute Gasteiger partial charge is 0.0610 e. The molecule has 0 aromatic heterocycles. The minimum atomic E-state index is -0.172. The summed E-state index contributed by atoms with van der Waals surface area (Å²) >= 11 is 7.62. The zero-order valence-electron chi connectivity index (χ0n) is 10.4. The van der Waals surface area contributed by atoms with Crippen LogP contribution in [0.5, 0.6) is 0 Å². The number of hydrogen-bond donors (Lipinski definition) is 2. The number of halogens is 1. The Labute approximate surface area is 113 Å². The standard InChI is InChI=1S/C13H20ClNOS/c1-3-15-13(2,10-16)8-9-17-12-6-4-11(14)5-7-12/h4-7,15-16H,3,8-10H2,1-2H3. The van der Waals surface area contributed by atoms with E-state index in [1.807, 2.05) is 24.3 Å². The Hall–Kier alpha value is -0.220. The molecule has 2 nitrogen and oxygen atoms in total. The van der Waals surface area contributed by atoms with E-state index in [0.717, 1.165) is 23.7 Å². The van der Waals surface area contributed by atoms with Crippen LogP contribution in [-0.2, 0) is 0 Å². The van der Waals surface area contributed by atoms with Gasteiger partial charge in [0.15, 0.2) is 0 Å². The summed E-state index contributed by atoms with van der Waals surface area (Å²) in [5, 5.41) is 13.4. The Balaban J connectivity index is 2.38. The molecule has 0 bridgehead atoms. The van der Waals surface area contributed by atoms with Crippen molar-refractivity contribution < 1.29 is 5.11 Å². The number of thioether (sulfide) groups is 1. The zero-order valence-corrected chi connectivity index (χ0v) is 11.9. The summed E-state index contributed by atoms with van der Waals surface area (Å²) in [4.78, 5) is 1.21. The van der Waals surface area contributed by atoms with Crippen molar-refractivity contribution in [1.29, 1.82) is 0 Å². The van der Waals surface area contributed by atoms with Crippen molar-refractivity contribution in [2.24, 2.45) is 0 Å². The van der Waals surface area contributed by atoms with Gasteiger partial charge in [-0.3, -0.25) is 0 Å². The maximum absolute atomic E-state index is 9.36. The van der Waals surface area contributed by atoms with E-state index in [2.05, 4.69) is 19.2 Å². The molecule has 0 fully saturated rings. The number of rotatable bonds is 7. The molecule has 0 aliphatic carbocycles. The molecule has 0 amide bonds. The molecule has 2 N–H and O–H groups in total. The van der Waals surface area contributed by atoms with Crippen LogP contribution in [0.15, 0.2) is 29.2 Å². The van der Waals surface area contributed by atoms with Crippen LogP contribution in [-0.4, -0.2) is 29.5 Å². The Morgan fingerprint density at radius 1 is 1.35 bits per heavy atom. The largest absolute Gasteiger partial charge is 0.394 e. The van der Waals surface area contributed by atoms with Crippen molar-refractivity contribution >= 4 is 23.4 Å². The molecule has 96 valence electrons. The first kappa shape index (κ1) is 14.8. The Kier molecular flexibility index (Phi) is 6.34. The van der Waals surface area contributed by atoms with Crippen molar-refractivity contribution in [2.45, 2.75) is 30.7 Å². The van der Waals surface area contributed by atoms with Gasteiger partial charge in [0.05, 0.1) is 6.61 Å². The van der Waals surface area contributed by atoms with Crippen molar-refractivity contribution in [3.63, 3.8) is 0 Å². The van der Waals surface area contributed by atoms with Gasteiger partial charge in [0.2, 0.25) is 0 Å². The van der Waals surface area contributed by atoms with E-state index in [0.29, 0.717) is 0 Å². The number of likely N-dealkylation sites (N-methyl/N-ethyl adjacent to an activating group) is 1. The van der Waals surface area contributed by atoms with Gasteiger partial charge in [-0.15, -0.1) is 11.8 Å². The molecule has 1 aromatic carbocycles. The van der Waals surface area contributed by atoms with Gasteiger partial charge in [0, 0.05) is 15.5 Å². The normalized spacial score (nSPS) is 14.6. The predicted molar refractivity (Wildman–Crippen MR) is 76.0 cm³/mol. The first-order chi connectivity index (χ1) is 8.09. The molecule has 1 unspecified atom stereocenters. The second-order valence-corrected chi connectivity index (χ2v) is 5.91. The van der Waals surface area contributed by atoms with E-state index in [1.165, 1.54) is 4.90 Å². The van der Waals surface area contributed by atoms with E-state index < -0.39 is 0 Å². The van der Waals surface area contributed by atoms with Gasteiger partial charge in [-0.25, -0.2) is 0 Å². The lowest BCUT2D eigenvalue weighted by Gasteiger charge is -2.28. The summed E-state index contributed by atoms with van der Waals surface area (Å²) in [7, 11) is 0. The Morgan fingerprint density at radius 2 is 2.00 bits per heavy atom. The second-order valence-electron chi connectivity index (χ2n) is 4.30. The molecule has 1 aromatic rings. The molecule has 0 radical (unpaired) electrons. The molecule has 0 spiro atoms. The van der Waals surface area contributed by atoms with Gasteiger partial charge >= 0.3 is 0 Å². The highest BCUT2D eigenvalue weighted by Gasteiger charge is 2.21. The third kappa shape index (κ3) is 5.30. The van der Waals surface area contributed by atoms with Gasteiger partial charge in [-0.1, -0.05) is 18.5 Å². The quantitative estimate of drug-likeness (QED) is 0.749. The van der Waals surface area contributed by atoms with Gasteiger partial charge in [0.1, 0.15) is 0 Å². The lowest BCUT2D eigenvalue weighted by Crippen LogP contribution is -2.46. The van der Waals surface area contributed by atoms with Gasteiger partial charge < -0.3 is 10.4 Å². The summed E-state index contributed by atoms with van der Waals surface area (Å²) in [5.41, 5.74) is -0.172. The summed E-state index contributed by atoms with van der Waals surface area (Å²) in [6, 6.07) is 7.85. The second kappa shape index (κ2) is 7.27. The highest BCUT2D eigenvalue weighted by atomic mass is 35.5. The van der Waals surface area contributed by atoms with Crippen LogP contribution in [0, 0.1) is 0 Å². The van der Waals surface area contributed by atoms with Gasteiger partial charge in [0.25, 0.3) is 0 Å². The maximum Gasteiger partial charge on any atom is 0.0610 e. The number of hydrogen-bond acceptors (Lipinski definition) is 3. The number of aliphatic hydroxyl groups excluding tert-OH is 1. The zero-order chi connectivity index (χ0) is 12.7. The van der Waals surface area contributed by atoms with E-state index in [4.69, 9.17) is 11.6 Å². The summed E-state index contributed by atoms with van der Waals surface area (Å²) in [6.07, 6.45) is 0.935. The van der Waals surface area contributed by atoms with Crippen LogP contribution in [0.4, 0.5) is 0 Å². The van der Waals surface area contributed by atoms with Crippen molar-refractivity contribution in [3.8, 4) is 0 Å². The molecular weight excluding hydrogens is 254 g/mol. The summed E-state index contributed by atoms with van der Waals surface area (Å²) in [6.45, 7) is 5.16. The number of nitrogens with one attached hydrogen (secondary N) is 1. The lowest BCUT2D eigenvalue weighted by atomic mass is 10.0. The first-order valence-corrected chi connectivity index (χ1v) is 7.20. The maximum atomic E-state index is 9.36. The van der Waals surface area contributed by atoms with Gasteiger partial charge in [-0.2, -0.15) is 0 Å². The highest BCUT2D eigenvalue weighted by molar-refractivity contribution is 7.99. The Bertz CT molecular complexity index is 331. The van der Waals surface area contributed by atoms with Crippen LogP contribution >= 0.6 is 23.4 Å². The molecule has 4 heteroatoms. The molecule has 1 rings (SSSR count). The fourth-order valence-electron chi connectivity index (χ4n) is 1.58. The molecule has 0 aliphatic heterocycles. The average Bonchev–Trinajstić information content (AvgIpc) is 2.32. The fraction of sp³-hybridized carbons (Fsp3) is 0.538. The summed E-state index contributed by atoms with van der Waals surface area (Å²) < 4.78 is 0. The lowest BCUT2D eigenvalue weighted by molar-refractivity contribution is 0.173. The molecule has 17 heavy (non-hydrogen) atoms. The molecule has 0 heterocycles. The fourth-order valence-corrected chi connectivity index (χ4v) is 2.82. The van der Waals surface area contributed by atoms with E-state index >= 15 is 0 Å². The van der Waals surface area contributed by atoms with Gasteiger partial charge in [-0.05, 0) is 49.9 Å². The van der Waals surface area contributed by atoms with Crippen molar-refractivity contribution in [3.05, 3.63) is 29.3 Å². The first-order valence-electron chi connectivity index (χ1n) is 5.84.